The van der Waals surface area contributed by atoms with Crippen molar-refractivity contribution in [3.05, 3.63) is 150 Å². The summed E-state index contributed by atoms with van der Waals surface area (Å²) in [4.78, 5) is 18.7. The molecule has 0 aliphatic carbocycles. The first-order chi connectivity index (χ1) is 27.5. The number of pyridine rings is 2. The predicted octanol–water partition coefficient (Wildman–Crippen LogP) is 13.0. The Bertz CT molecular complexity index is 2560. The quantitative estimate of drug-likeness (QED) is 0.0950. The molecule has 0 unspecified atom stereocenters. The molecule has 4 heterocycles. The first kappa shape index (κ1) is 43.6. The third-order valence-electron chi connectivity index (χ3n) is 10.2. The second-order valence-electron chi connectivity index (χ2n) is 15.7. The standard InChI is InChI=1S/C50H45N5O2.2Pd/c1-30(2)34-14-18-51-46(26-34)38-20-36(32(5)6)22-42(24-38)56-40-10-12-44-45-13-11-41(29-49(45)55(48(44)28-40)50-53-16-9-17-54-50)57-43-23-37(33(7)8)21-39(25-43)47-27-35(31(3)4)15-19-52-47;;/h9-23,26-27,30-33H,1-8H3;;/q-4;2*+2. The van der Waals surface area contributed by atoms with Crippen LogP contribution in [0.4, 0.5) is 0 Å². The van der Waals surface area contributed by atoms with Crippen LogP contribution in [-0.2, 0) is 40.8 Å². The Kier molecular flexibility index (Phi) is 13.7. The van der Waals surface area contributed by atoms with Gasteiger partial charge in [-0.25, -0.2) is 9.97 Å². The van der Waals surface area contributed by atoms with Crippen molar-refractivity contribution in [3.63, 3.8) is 0 Å². The van der Waals surface area contributed by atoms with E-state index in [0.717, 1.165) is 55.4 Å². The summed E-state index contributed by atoms with van der Waals surface area (Å²) in [6, 6.07) is 40.6. The average Bonchev–Trinajstić information content (AvgIpc) is 3.53. The van der Waals surface area contributed by atoms with Crippen LogP contribution >= 0.6 is 0 Å². The average molecular weight is 961 g/mol. The number of rotatable bonds is 11. The molecule has 4 aromatic heterocycles. The van der Waals surface area contributed by atoms with E-state index in [9.17, 15) is 0 Å². The number of aromatic nitrogens is 5. The van der Waals surface area contributed by atoms with Crippen molar-refractivity contribution >= 4 is 21.8 Å². The molecule has 0 fully saturated rings. The molecule has 0 saturated carbocycles. The topological polar surface area (TPSA) is 75.0 Å². The van der Waals surface area contributed by atoms with Gasteiger partial charge in [0.05, 0.1) is 0 Å². The van der Waals surface area contributed by atoms with Crippen LogP contribution in [0.5, 0.6) is 23.0 Å². The minimum Gasteiger partial charge on any atom is -0.503 e. The minimum atomic E-state index is 0. The molecule has 0 amide bonds. The summed E-state index contributed by atoms with van der Waals surface area (Å²) < 4.78 is 15.1. The molecule has 0 radical (unpaired) electrons. The molecule has 302 valence electrons. The smallest absolute Gasteiger partial charge is 0.503 e. The number of hydrogen-bond acceptors (Lipinski definition) is 6. The number of hydrogen-bond donors (Lipinski definition) is 0. The van der Waals surface area contributed by atoms with Crippen molar-refractivity contribution < 1.29 is 50.3 Å². The molecule has 0 spiro atoms. The molecule has 8 aromatic rings. The Morgan fingerprint density at radius 3 is 1.27 bits per heavy atom. The zero-order valence-corrected chi connectivity index (χ0v) is 37.4. The van der Waals surface area contributed by atoms with E-state index >= 15 is 0 Å². The van der Waals surface area contributed by atoms with Gasteiger partial charge in [0.2, 0.25) is 5.95 Å². The maximum absolute atomic E-state index is 6.57. The van der Waals surface area contributed by atoms with Crippen LogP contribution < -0.4 is 9.47 Å². The van der Waals surface area contributed by atoms with Gasteiger partial charge in [0.1, 0.15) is 0 Å². The fraction of sp³-hybridized carbons (Fsp3) is 0.240. The van der Waals surface area contributed by atoms with Crippen LogP contribution in [0.15, 0.2) is 104 Å². The Morgan fingerprint density at radius 2 is 0.864 bits per heavy atom. The normalized spacial score (nSPS) is 11.4. The molecule has 7 nitrogen and oxygen atoms in total. The zero-order valence-electron chi connectivity index (χ0n) is 34.3. The van der Waals surface area contributed by atoms with Gasteiger partial charge < -0.3 is 24.0 Å². The third kappa shape index (κ3) is 9.41. The molecule has 4 aromatic carbocycles. The monoisotopic (exact) mass is 959 g/mol. The molecule has 0 saturated heterocycles. The number of ether oxygens (including phenoxy) is 2. The van der Waals surface area contributed by atoms with Crippen LogP contribution in [0.2, 0.25) is 0 Å². The Morgan fingerprint density at radius 1 is 0.441 bits per heavy atom. The van der Waals surface area contributed by atoms with Crippen LogP contribution in [0.1, 0.15) is 101 Å². The van der Waals surface area contributed by atoms with E-state index in [0.29, 0.717) is 40.8 Å². The first-order valence-electron chi connectivity index (χ1n) is 19.6. The van der Waals surface area contributed by atoms with Gasteiger partial charge in [0.25, 0.3) is 0 Å². The minimum absolute atomic E-state index is 0. The van der Waals surface area contributed by atoms with Gasteiger partial charge in [-0.2, -0.15) is 22.9 Å². The van der Waals surface area contributed by atoms with Crippen molar-refractivity contribution in [2.45, 2.75) is 79.1 Å². The summed E-state index contributed by atoms with van der Waals surface area (Å²) in [7, 11) is 0. The van der Waals surface area contributed by atoms with Gasteiger partial charge in [-0.3, -0.25) is 0 Å². The summed E-state index contributed by atoms with van der Waals surface area (Å²) in [5, 5.41) is 1.91. The van der Waals surface area contributed by atoms with E-state index in [-0.39, 0.29) is 52.7 Å². The van der Waals surface area contributed by atoms with Crippen LogP contribution in [0.3, 0.4) is 0 Å². The summed E-state index contributed by atoms with van der Waals surface area (Å²) in [6.45, 7) is 17.4. The van der Waals surface area contributed by atoms with Crippen LogP contribution in [0.25, 0.3) is 50.3 Å². The van der Waals surface area contributed by atoms with E-state index in [1.807, 2.05) is 53.4 Å². The zero-order chi connectivity index (χ0) is 39.8. The van der Waals surface area contributed by atoms with E-state index in [2.05, 4.69) is 126 Å². The molecule has 0 aliphatic rings. The fourth-order valence-electron chi connectivity index (χ4n) is 6.88. The molecule has 59 heavy (non-hydrogen) atoms. The Balaban J connectivity index is 0.00000293. The summed E-state index contributed by atoms with van der Waals surface area (Å²) >= 11 is 0. The van der Waals surface area contributed by atoms with E-state index in [1.54, 1.807) is 18.5 Å². The number of fused-ring (bicyclic) bond motifs is 3. The molecule has 8 rings (SSSR count). The van der Waals surface area contributed by atoms with E-state index < -0.39 is 0 Å². The van der Waals surface area contributed by atoms with Crippen molar-refractivity contribution in [3.8, 4) is 51.5 Å². The van der Waals surface area contributed by atoms with Crippen molar-refractivity contribution in [1.82, 2.24) is 24.5 Å². The van der Waals surface area contributed by atoms with Crippen LogP contribution in [0, 0.1) is 24.3 Å². The molecular weight excluding hydrogens is 915 g/mol. The van der Waals surface area contributed by atoms with E-state index in [1.165, 1.54) is 11.1 Å². The first-order valence-corrected chi connectivity index (χ1v) is 19.6. The molecule has 0 N–H and O–H groups in total. The maximum atomic E-state index is 6.57. The summed E-state index contributed by atoms with van der Waals surface area (Å²) in [5.74, 6) is 4.06. The SMILES string of the molecule is CC(C)c1cc(Oc2[c-]c3c(cc2)c2ccc(Oc4[c-]c(-c5cc(C(C)C)ccn5)cc(C(C)C)c4)[c-]c2n3-c2ncccn2)[c-]c(-c2cc(C(C)C)ccn2)c1.[Pd+2].[Pd+2]. The van der Waals surface area contributed by atoms with Gasteiger partial charge in [-0.05, 0) is 53.3 Å². The number of nitrogens with zero attached hydrogens (tertiary/aromatic N) is 5. The second-order valence-corrected chi connectivity index (χ2v) is 15.7. The van der Waals surface area contributed by atoms with Gasteiger partial charge >= 0.3 is 40.8 Å². The Labute approximate surface area is 375 Å². The van der Waals surface area contributed by atoms with Crippen molar-refractivity contribution in [1.29, 1.82) is 0 Å². The van der Waals surface area contributed by atoms with Gasteiger partial charge in [-0.15, -0.1) is 58.7 Å². The predicted molar refractivity (Wildman–Crippen MR) is 228 cm³/mol. The van der Waals surface area contributed by atoms with Gasteiger partial charge in [0, 0.05) is 47.8 Å². The Hall–Kier alpha value is -5.02. The molecule has 0 atom stereocenters. The van der Waals surface area contributed by atoms with Gasteiger partial charge in [0.15, 0.2) is 0 Å². The summed E-state index contributed by atoms with van der Waals surface area (Å²) in [5.41, 5.74) is 9.72. The van der Waals surface area contributed by atoms with Crippen molar-refractivity contribution in [2.75, 3.05) is 0 Å². The van der Waals surface area contributed by atoms with Crippen LogP contribution in [-0.4, -0.2) is 24.5 Å². The van der Waals surface area contributed by atoms with E-state index in [4.69, 9.17) is 19.4 Å². The largest absolute Gasteiger partial charge is 2.00 e. The molecule has 0 bridgehead atoms. The fourth-order valence-corrected chi connectivity index (χ4v) is 6.88. The molecule has 9 heteroatoms. The summed E-state index contributed by atoms with van der Waals surface area (Å²) in [6.07, 6.45) is 7.19. The van der Waals surface area contributed by atoms with Gasteiger partial charge in [-0.1, -0.05) is 114 Å². The van der Waals surface area contributed by atoms with Crippen molar-refractivity contribution in [2.24, 2.45) is 0 Å². The third-order valence-corrected chi connectivity index (χ3v) is 10.2. The molecule has 0 aliphatic heterocycles. The number of benzene rings is 4. The maximum Gasteiger partial charge on any atom is 2.00 e. The second kappa shape index (κ2) is 18.5. The molecular formula is C50H45N5O2Pd2.